The minimum Gasteiger partial charge on any atom is -0.462 e. The highest BCUT2D eigenvalue weighted by Crippen LogP contribution is 2.18. The van der Waals surface area contributed by atoms with Crippen LogP contribution in [-0.2, 0) is 28.6 Å². The third-order valence-corrected chi connectivity index (χ3v) is 13.1. The van der Waals surface area contributed by atoms with Crippen molar-refractivity contribution in [2.45, 2.75) is 317 Å². The fourth-order valence-electron chi connectivity index (χ4n) is 8.49. The Morgan fingerprint density at radius 2 is 0.613 bits per heavy atom. The van der Waals surface area contributed by atoms with E-state index in [0.717, 1.165) is 69.6 Å². The molecule has 1 unspecified atom stereocenters. The highest BCUT2D eigenvalue weighted by molar-refractivity contribution is 5.71. The quantitative estimate of drug-likeness (QED) is 0.0344. The third-order valence-electron chi connectivity index (χ3n) is 13.1. The monoisotopic (exact) mass is 877 g/mol. The molecule has 0 aromatic heterocycles. The Morgan fingerprint density at radius 3 is 0.919 bits per heavy atom. The smallest absolute Gasteiger partial charge is 0.306 e. The second-order valence-corrected chi connectivity index (χ2v) is 19.9. The number of esters is 3. The number of carbonyl (C=O) groups is 3. The van der Waals surface area contributed by atoms with Gasteiger partial charge in [-0.3, -0.25) is 14.4 Å². The molecular weight excluding hydrogens is 769 g/mol. The van der Waals surface area contributed by atoms with E-state index >= 15 is 0 Å². The lowest BCUT2D eigenvalue weighted by atomic mass is 9.99. The van der Waals surface area contributed by atoms with Crippen LogP contribution in [0, 0.1) is 11.8 Å². The molecule has 0 amide bonds. The van der Waals surface area contributed by atoms with Crippen molar-refractivity contribution in [1.82, 2.24) is 0 Å². The summed E-state index contributed by atoms with van der Waals surface area (Å²) in [5, 5.41) is 0. The molecule has 0 aliphatic carbocycles. The van der Waals surface area contributed by atoms with Gasteiger partial charge in [-0.05, 0) is 31.1 Å². The Balaban J connectivity index is 4.31. The van der Waals surface area contributed by atoms with E-state index in [2.05, 4.69) is 34.6 Å². The molecule has 0 heterocycles. The minimum atomic E-state index is -0.762. The number of hydrogen-bond donors (Lipinski definition) is 0. The van der Waals surface area contributed by atoms with Crippen molar-refractivity contribution in [3.8, 4) is 0 Å². The number of rotatable bonds is 50. The fraction of sp³-hybridized carbons (Fsp3) is 0.946. The van der Waals surface area contributed by atoms with Crippen LogP contribution in [0.15, 0.2) is 0 Å². The van der Waals surface area contributed by atoms with E-state index in [1.807, 2.05) is 0 Å². The van der Waals surface area contributed by atoms with Crippen molar-refractivity contribution < 1.29 is 28.6 Å². The topological polar surface area (TPSA) is 78.9 Å². The fourth-order valence-corrected chi connectivity index (χ4v) is 8.49. The molecule has 6 nitrogen and oxygen atoms in total. The van der Waals surface area contributed by atoms with Gasteiger partial charge in [0.15, 0.2) is 6.10 Å². The summed E-state index contributed by atoms with van der Waals surface area (Å²) in [6, 6.07) is 0. The standard InChI is InChI=1S/C56H108O6/c1-6-8-9-10-11-12-13-16-20-26-31-36-41-46-54(57)60-49-53(50-61-55(58)47-42-37-32-27-23-22-25-30-35-40-45-52(5)7-2)62-56(59)48-43-38-33-28-21-18-15-14-17-19-24-29-34-39-44-51(3)4/h51-53H,6-50H2,1-5H3/t52?,53-/m0/s1. The Morgan fingerprint density at radius 1 is 0.339 bits per heavy atom. The molecular formula is C56H108O6. The van der Waals surface area contributed by atoms with Crippen molar-refractivity contribution >= 4 is 17.9 Å². The van der Waals surface area contributed by atoms with Crippen LogP contribution in [0.1, 0.15) is 311 Å². The predicted molar refractivity (Wildman–Crippen MR) is 266 cm³/mol. The summed E-state index contributed by atoms with van der Waals surface area (Å²) in [7, 11) is 0. The molecule has 2 atom stereocenters. The Bertz CT molecular complexity index is 949. The Labute approximate surface area is 387 Å². The number of unbranched alkanes of at least 4 members (excludes halogenated alkanes) is 34. The molecule has 6 heteroatoms. The highest BCUT2D eigenvalue weighted by Gasteiger charge is 2.19. The number of carbonyl (C=O) groups excluding carboxylic acids is 3. The summed E-state index contributed by atoms with van der Waals surface area (Å²) in [6.45, 7) is 11.4. The first-order chi connectivity index (χ1) is 30.3. The molecule has 0 spiro atoms. The van der Waals surface area contributed by atoms with E-state index in [-0.39, 0.29) is 31.1 Å². The van der Waals surface area contributed by atoms with E-state index in [4.69, 9.17) is 14.2 Å². The lowest BCUT2D eigenvalue weighted by Crippen LogP contribution is -2.30. The van der Waals surface area contributed by atoms with Gasteiger partial charge < -0.3 is 14.2 Å². The van der Waals surface area contributed by atoms with Gasteiger partial charge in [-0.2, -0.15) is 0 Å². The number of hydrogen-bond acceptors (Lipinski definition) is 6. The Kier molecular flexibility index (Phi) is 47.6. The minimum absolute atomic E-state index is 0.0630. The molecule has 0 bridgehead atoms. The van der Waals surface area contributed by atoms with Crippen LogP contribution in [0.4, 0.5) is 0 Å². The second kappa shape index (κ2) is 48.9. The van der Waals surface area contributed by atoms with Crippen molar-refractivity contribution in [2.24, 2.45) is 11.8 Å². The van der Waals surface area contributed by atoms with Gasteiger partial charge in [0.2, 0.25) is 0 Å². The van der Waals surface area contributed by atoms with Gasteiger partial charge >= 0.3 is 17.9 Å². The van der Waals surface area contributed by atoms with Crippen LogP contribution >= 0.6 is 0 Å². The first-order valence-electron chi connectivity index (χ1n) is 27.8. The lowest BCUT2D eigenvalue weighted by Gasteiger charge is -2.18. The maximum absolute atomic E-state index is 12.8. The zero-order valence-electron chi connectivity index (χ0n) is 42.5. The van der Waals surface area contributed by atoms with Gasteiger partial charge in [0.1, 0.15) is 13.2 Å². The molecule has 0 aliphatic rings. The summed E-state index contributed by atoms with van der Waals surface area (Å²) in [4.78, 5) is 38.1. The zero-order valence-corrected chi connectivity index (χ0v) is 42.5. The van der Waals surface area contributed by atoms with E-state index in [9.17, 15) is 14.4 Å². The third kappa shape index (κ3) is 47.9. The van der Waals surface area contributed by atoms with Gasteiger partial charge in [0.25, 0.3) is 0 Å². The molecule has 0 aromatic carbocycles. The molecule has 0 radical (unpaired) electrons. The van der Waals surface area contributed by atoms with E-state index in [1.165, 1.54) is 199 Å². The first-order valence-corrected chi connectivity index (χ1v) is 27.8. The molecule has 0 saturated heterocycles. The normalized spacial score (nSPS) is 12.5. The first kappa shape index (κ1) is 60.4. The summed E-state index contributed by atoms with van der Waals surface area (Å²) in [5.74, 6) is 0.871. The predicted octanol–water partition coefficient (Wildman–Crippen LogP) is 18.1. The number of ether oxygens (including phenoxy) is 3. The van der Waals surface area contributed by atoms with E-state index in [1.54, 1.807) is 0 Å². The highest BCUT2D eigenvalue weighted by atomic mass is 16.6. The molecule has 368 valence electrons. The van der Waals surface area contributed by atoms with E-state index < -0.39 is 6.10 Å². The SMILES string of the molecule is CCCCCCCCCCCCCCCC(=O)OC[C@@H](COC(=O)CCCCCCCCCCCCC(C)CC)OC(=O)CCCCCCCCCCCCCCCCC(C)C. The average Bonchev–Trinajstić information content (AvgIpc) is 3.26. The van der Waals surface area contributed by atoms with Crippen LogP contribution in [0.5, 0.6) is 0 Å². The molecule has 0 rings (SSSR count). The molecule has 0 aromatic rings. The van der Waals surface area contributed by atoms with Gasteiger partial charge in [0, 0.05) is 19.3 Å². The second-order valence-electron chi connectivity index (χ2n) is 19.9. The van der Waals surface area contributed by atoms with Gasteiger partial charge in [-0.1, -0.05) is 272 Å². The van der Waals surface area contributed by atoms with Crippen LogP contribution < -0.4 is 0 Å². The van der Waals surface area contributed by atoms with E-state index in [0.29, 0.717) is 19.3 Å². The van der Waals surface area contributed by atoms with Crippen molar-refractivity contribution in [3.63, 3.8) is 0 Å². The molecule has 0 aliphatic heterocycles. The lowest BCUT2D eigenvalue weighted by molar-refractivity contribution is -0.167. The van der Waals surface area contributed by atoms with Crippen LogP contribution in [-0.4, -0.2) is 37.2 Å². The van der Waals surface area contributed by atoms with Gasteiger partial charge in [0.05, 0.1) is 0 Å². The van der Waals surface area contributed by atoms with Crippen LogP contribution in [0.2, 0.25) is 0 Å². The maximum atomic E-state index is 12.8. The molecule has 62 heavy (non-hydrogen) atoms. The summed E-state index contributed by atoms with van der Waals surface area (Å²) >= 11 is 0. The van der Waals surface area contributed by atoms with Crippen molar-refractivity contribution in [1.29, 1.82) is 0 Å². The van der Waals surface area contributed by atoms with Crippen molar-refractivity contribution in [3.05, 3.63) is 0 Å². The van der Waals surface area contributed by atoms with Crippen LogP contribution in [0.3, 0.4) is 0 Å². The Hall–Kier alpha value is -1.59. The molecule has 0 fully saturated rings. The molecule has 0 N–H and O–H groups in total. The largest absolute Gasteiger partial charge is 0.462 e. The summed E-state index contributed by atoms with van der Waals surface area (Å²) < 4.78 is 16.9. The summed E-state index contributed by atoms with van der Waals surface area (Å²) in [6.07, 6.45) is 50.8. The maximum Gasteiger partial charge on any atom is 0.306 e. The van der Waals surface area contributed by atoms with Crippen LogP contribution in [0.25, 0.3) is 0 Å². The van der Waals surface area contributed by atoms with Crippen molar-refractivity contribution in [2.75, 3.05) is 13.2 Å². The zero-order chi connectivity index (χ0) is 45.4. The molecule has 0 saturated carbocycles. The average molecular weight is 877 g/mol. The summed E-state index contributed by atoms with van der Waals surface area (Å²) in [5.41, 5.74) is 0. The van der Waals surface area contributed by atoms with Gasteiger partial charge in [-0.25, -0.2) is 0 Å². The van der Waals surface area contributed by atoms with Gasteiger partial charge in [-0.15, -0.1) is 0 Å².